The van der Waals surface area contributed by atoms with Crippen LogP contribution in [0, 0.1) is 0 Å². The second kappa shape index (κ2) is 11.1. The zero-order valence-electron chi connectivity index (χ0n) is 19.8. The molecule has 3 aromatic carbocycles. The maximum Gasteiger partial charge on any atom is 0.339 e. The molecule has 1 N–H and O–H groups in total. The topological polar surface area (TPSA) is 104 Å². The van der Waals surface area contributed by atoms with Crippen molar-refractivity contribution in [2.75, 3.05) is 25.6 Å². The van der Waals surface area contributed by atoms with Crippen LogP contribution in [0.2, 0.25) is 0 Å². The number of carbonyl (C=O) groups is 3. The van der Waals surface area contributed by atoms with Crippen molar-refractivity contribution in [3.8, 4) is 17.0 Å². The van der Waals surface area contributed by atoms with Gasteiger partial charge in [0.2, 0.25) is 0 Å². The highest BCUT2D eigenvalue weighted by molar-refractivity contribution is 6.05. The van der Waals surface area contributed by atoms with Gasteiger partial charge in [-0.25, -0.2) is 14.6 Å². The zero-order valence-corrected chi connectivity index (χ0v) is 19.8. The molecule has 4 aromatic rings. The number of para-hydroxylation sites is 1. The lowest BCUT2D eigenvalue weighted by Gasteiger charge is -2.11. The number of hydrogen-bond donors (Lipinski definition) is 1. The molecule has 0 bridgehead atoms. The van der Waals surface area contributed by atoms with Crippen LogP contribution in [0.3, 0.4) is 0 Å². The third-order valence-electron chi connectivity index (χ3n) is 5.34. The lowest BCUT2D eigenvalue weighted by Crippen LogP contribution is -2.21. The molecular formula is C28H24N2O6. The number of pyridine rings is 1. The lowest BCUT2D eigenvalue weighted by molar-refractivity contribution is -0.119. The lowest BCUT2D eigenvalue weighted by atomic mass is 10.0. The first kappa shape index (κ1) is 24.4. The van der Waals surface area contributed by atoms with E-state index in [1.54, 1.807) is 56.5 Å². The summed E-state index contributed by atoms with van der Waals surface area (Å²) in [5, 5.41) is 3.26. The molecule has 0 aliphatic heterocycles. The third kappa shape index (κ3) is 5.67. The van der Waals surface area contributed by atoms with Crippen LogP contribution in [0.4, 0.5) is 5.69 Å². The molecule has 0 radical (unpaired) electrons. The minimum Gasteiger partial charge on any atom is -0.497 e. The summed E-state index contributed by atoms with van der Waals surface area (Å²) in [4.78, 5) is 41.8. The van der Waals surface area contributed by atoms with Crippen LogP contribution >= 0.6 is 0 Å². The summed E-state index contributed by atoms with van der Waals surface area (Å²) in [5.41, 5.74) is 3.16. The highest BCUT2D eigenvalue weighted by atomic mass is 16.5. The molecule has 0 saturated heterocycles. The number of methoxy groups -OCH3 is 1. The molecule has 0 spiro atoms. The summed E-state index contributed by atoms with van der Waals surface area (Å²) in [6.45, 7) is 1.52. The zero-order chi connectivity index (χ0) is 25.5. The normalized spacial score (nSPS) is 10.5. The molecule has 1 aromatic heterocycles. The van der Waals surface area contributed by atoms with Crippen molar-refractivity contribution in [1.29, 1.82) is 0 Å². The first-order chi connectivity index (χ1) is 17.5. The monoisotopic (exact) mass is 484 g/mol. The number of anilines is 1. The predicted molar refractivity (Wildman–Crippen MR) is 135 cm³/mol. The molecule has 8 heteroatoms. The quantitative estimate of drug-likeness (QED) is 0.355. The minimum atomic E-state index is -0.642. The Morgan fingerprint density at radius 1 is 0.861 bits per heavy atom. The van der Waals surface area contributed by atoms with E-state index in [9.17, 15) is 14.4 Å². The van der Waals surface area contributed by atoms with Crippen LogP contribution in [0.15, 0.2) is 78.9 Å². The molecule has 0 aliphatic rings. The maximum absolute atomic E-state index is 13.0. The number of rotatable bonds is 8. The number of ether oxygens (including phenoxy) is 3. The fourth-order valence-electron chi connectivity index (χ4n) is 3.56. The van der Waals surface area contributed by atoms with Gasteiger partial charge in [-0.3, -0.25) is 4.79 Å². The van der Waals surface area contributed by atoms with Crippen molar-refractivity contribution >= 4 is 34.4 Å². The maximum atomic E-state index is 13.0. The van der Waals surface area contributed by atoms with Gasteiger partial charge in [0.05, 0.1) is 36.1 Å². The molecule has 182 valence electrons. The van der Waals surface area contributed by atoms with Gasteiger partial charge < -0.3 is 19.5 Å². The van der Waals surface area contributed by atoms with E-state index in [2.05, 4.69) is 10.3 Å². The highest BCUT2D eigenvalue weighted by Crippen LogP contribution is 2.27. The van der Waals surface area contributed by atoms with E-state index in [4.69, 9.17) is 14.2 Å². The van der Waals surface area contributed by atoms with E-state index in [1.165, 1.54) is 0 Å². The van der Waals surface area contributed by atoms with Gasteiger partial charge >= 0.3 is 11.9 Å². The van der Waals surface area contributed by atoms with Crippen molar-refractivity contribution in [3.63, 3.8) is 0 Å². The summed E-state index contributed by atoms with van der Waals surface area (Å²) in [6.07, 6.45) is 0. The largest absolute Gasteiger partial charge is 0.497 e. The van der Waals surface area contributed by atoms with E-state index in [0.717, 1.165) is 5.56 Å². The molecule has 4 rings (SSSR count). The number of nitrogens with one attached hydrogen (secondary N) is 1. The van der Waals surface area contributed by atoms with Gasteiger partial charge in [-0.05, 0) is 67.6 Å². The highest BCUT2D eigenvalue weighted by Gasteiger charge is 2.17. The molecule has 0 atom stereocenters. The Kier molecular flexibility index (Phi) is 7.55. The Morgan fingerprint density at radius 3 is 2.28 bits per heavy atom. The Morgan fingerprint density at radius 2 is 1.58 bits per heavy atom. The fourth-order valence-corrected chi connectivity index (χ4v) is 3.56. The van der Waals surface area contributed by atoms with Crippen LogP contribution in [0.5, 0.6) is 5.75 Å². The second-order valence-corrected chi connectivity index (χ2v) is 7.72. The van der Waals surface area contributed by atoms with Crippen LogP contribution in [-0.2, 0) is 14.3 Å². The SMILES string of the molecule is CCOC(=O)c1ccc(NC(=O)COC(=O)c2cc(-c3ccc(OC)cc3)nc3ccccc23)cc1. The average Bonchev–Trinajstić information content (AvgIpc) is 2.91. The van der Waals surface area contributed by atoms with Crippen LogP contribution in [-0.4, -0.2) is 43.2 Å². The Bertz CT molecular complexity index is 1400. The van der Waals surface area contributed by atoms with Crippen molar-refractivity contribution in [3.05, 3.63) is 90.0 Å². The van der Waals surface area contributed by atoms with Crippen LogP contribution in [0.1, 0.15) is 27.6 Å². The van der Waals surface area contributed by atoms with E-state index < -0.39 is 24.5 Å². The number of esters is 2. The van der Waals surface area contributed by atoms with E-state index >= 15 is 0 Å². The van der Waals surface area contributed by atoms with Crippen LogP contribution in [0.25, 0.3) is 22.2 Å². The number of nitrogens with zero attached hydrogens (tertiary/aromatic N) is 1. The first-order valence-corrected chi connectivity index (χ1v) is 11.3. The first-order valence-electron chi connectivity index (χ1n) is 11.3. The van der Waals surface area contributed by atoms with Crippen molar-refractivity contribution < 1.29 is 28.6 Å². The molecule has 8 nitrogen and oxygen atoms in total. The van der Waals surface area contributed by atoms with E-state index in [-0.39, 0.29) is 6.61 Å². The smallest absolute Gasteiger partial charge is 0.339 e. The average molecular weight is 485 g/mol. The van der Waals surface area contributed by atoms with Crippen molar-refractivity contribution in [1.82, 2.24) is 4.98 Å². The van der Waals surface area contributed by atoms with Gasteiger partial charge in [-0.15, -0.1) is 0 Å². The third-order valence-corrected chi connectivity index (χ3v) is 5.34. The summed E-state index contributed by atoms with van der Waals surface area (Å²) in [7, 11) is 1.59. The van der Waals surface area contributed by atoms with Crippen molar-refractivity contribution in [2.24, 2.45) is 0 Å². The summed E-state index contributed by atoms with van der Waals surface area (Å²) < 4.78 is 15.5. The van der Waals surface area contributed by atoms with Gasteiger partial charge in [0.25, 0.3) is 5.91 Å². The molecular weight excluding hydrogens is 460 g/mol. The summed E-state index contributed by atoms with van der Waals surface area (Å²) in [5.74, 6) is -0.888. The molecule has 0 fully saturated rings. The Balaban J connectivity index is 1.47. The number of carbonyl (C=O) groups excluding carboxylic acids is 3. The molecule has 36 heavy (non-hydrogen) atoms. The van der Waals surface area contributed by atoms with Gasteiger partial charge in [0.1, 0.15) is 5.75 Å². The molecule has 1 amide bonds. The second-order valence-electron chi connectivity index (χ2n) is 7.72. The molecule has 1 heterocycles. The van der Waals surface area contributed by atoms with Gasteiger partial charge in [-0.2, -0.15) is 0 Å². The van der Waals surface area contributed by atoms with E-state index in [1.807, 2.05) is 36.4 Å². The number of amides is 1. The molecule has 0 unspecified atom stereocenters. The Labute approximate surface area is 207 Å². The number of benzene rings is 3. The number of fused-ring (bicyclic) bond motifs is 1. The molecule has 0 aliphatic carbocycles. The van der Waals surface area contributed by atoms with Gasteiger partial charge in [0.15, 0.2) is 6.61 Å². The summed E-state index contributed by atoms with van der Waals surface area (Å²) in [6, 6.07) is 22.5. The standard InChI is InChI=1S/C28H24N2O6/c1-3-35-27(32)19-8-12-20(13-9-19)29-26(31)17-36-28(33)23-16-25(18-10-14-21(34-2)15-11-18)30-24-7-5-4-6-22(23)24/h4-16H,3,17H2,1-2H3,(H,29,31). The van der Waals surface area contributed by atoms with Gasteiger partial charge in [-0.1, -0.05) is 18.2 Å². The van der Waals surface area contributed by atoms with Crippen LogP contribution < -0.4 is 10.1 Å². The Hall–Kier alpha value is -4.72. The van der Waals surface area contributed by atoms with Crippen molar-refractivity contribution in [2.45, 2.75) is 6.92 Å². The number of hydrogen-bond acceptors (Lipinski definition) is 7. The molecule has 0 saturated carbocycles. The van der Waals surface area contributed by atoms with Gasteiger partial charge in [0, 0.05) is 16.6 Å². The predicted octanol–water partition coefficient (Wildman–Crippen LogP) is 4.88. The fraction of sp³-hybridized carbons (Fsp3) is 0.143. The number of aromatic nitrogens is 1. The minimum absolute atomic E-state index is 0.275. The summed E-state index contributed by atoms with van der Waals surface area (Å²) >= 11 is 0. The van der Waals surface area contributed by atoms with E-state index in [0.29, 0.717) is 39.2 Å².